The Kier molecular flexibility index (Phi) is 6.78. The van der Waals surface area contributed by atoms with Gasteiger partial charge in [-0.15, -0.1) is 0 Å². The third-order valence-corrected chi connectivity index (χ3v) is 3.99. The van der Waals surface area contributed by atoms with E-state index in [4.69, 9.17) is 14.7 Å². The minimum atomic E-state index is -1.00. The van der Waals surface area contributed by atoms with E-state index < -0.39 is 24.0 Å². The molecule has 0 fully saturated rings. The highest BCUT2D eigenvalue weighted by Crippen LogP contribution is 2.16. The van der Waals surface area contributed by atoms with Crippen LogP contribution in [0.5, 0.6) is 5.75 Å². The average Bonchev–Trinajstić information content (AvgIpc) is 2.53. The summed E-state index contributed by atoms with van der Waals surface area (Å²) < 4.78 is 10.2. The van der Waals surface area contributed by atoms with Crippen molar-refractivity contribution in [2.45, 2.75) is 40.2 Å². The van der Waals surface area contributed by atoms with Crippen LogP contribution in [0, 0.1) is 31.1 Å². The molecular weight excluding hydrogens is 308 g/mol. The van der Waals surface area contributed by atoms with Gasteiger partial charge >= 0.3 is 5.97 Å². The molecule has 0 aliphatic rings. The maximum absolute atomic E-state index is 11.8. The van der Waals surface area contributed by atoms with Gasteiger partial charge in [0.1, 0.15) is 11.3 Å². The normalized spacial score (nSPS) is 12.9. The first kappa shape index (κ1) is 19.5. The zero-order valence-corrected chi connectivity index (χ0v) is 14.8. The third-order valence-electron chi connectivity index (χ3n) is 3.99. The number of esters is 1. The molecule has 0 aliphatic carbocycles. The van der Waals surface area contributed by atoms with Gasteiger partial charge in [-0.1, -0.05) is 19.9 Å². The van der Waals surface area contributed by atoms with Crippen molar-refractivity contribution in [1.82, 2.24) is 5.32 Å². The van der Waals surface area contributed by atoms with Crippen molar-refractivity contribution in [3.05, 3.63) is 29.3 Å². The summed E-state index contributed by atoms with van der Waals surface area (Å²) in [5.74, 6) is -0.675. The molecule has 1 N–H and O–H groups in total. The molecule has 1 amide bonds. The summed E-state index contributed by atoms with van der Waals surface area (Å²) in [5, 5.41) is 11.7. The van der Waals surface area contributed by atoms with E-state index in [1.165, 1.54) is 0 Å². The van der Waals surface area contributed by atoms with Crippen molar-refractivity contribution < 1.29 is 19.1 Å². The fourth-order valence-electron chi connectivity index (χ4n) is 1.76. The van der Waals surface area contributed by atoms with E-state index in [1.54, 1.807) is 13.0 Å². The van der Waals surface area contributed by atoms with Gasteiger partial charge in [0.25, 0.3) is 5.91 Å². The minimum absolute atomic E-state index is 0.0738. The molecule has 0 radical (unpaired) electrons. The number of benzene rings is 1. The molecule has 0 aliphatic heterocycles. The number of nitriles is 1. The fraction of sp³-hybridized carbons (Fsp3) is 0.500. The number of nitrogens with one attached hydrogen (secondary N) is 1. The van der Waals surface area contributed by atoms with Gasteiger partial charge in [-0.25, -0.2) is 4.79 Å². The van der Waals surface area contributed by atoms with Gasteiger partial charge in [-0.3, -0.25) is 4.79 Å². The largest absolute Gasteiger partial charge is 0.482 e. The Morgan fingerprint density at radius 2 is 1.92 bits per heavy atom. The van der Waals surface area contributed by atoms with Crippen LogP contribution in [0.3, 0.4) is 0 Å². The number of carbonyl (C=O) groups is 2. The lowest BCUT2D eigenvalue weighted by atomic mass is 9.90. The number of nitrogens with zero attached hydrogens (tertiary/aromatic N) is 1. The number of rotatable bonds is 7. The fourth-order valence-corrected chi connectivity index (χ4v) is 1.76. The van der Waals surface area contributed by atoms with Gasteiger partial charge < -0.3 is 14.8 Å². The maximum atomic E-state index is 11.8. The summed E-state index contributed by atoms with van der Waals surface area (Å²) >= 11 is 0. The molecule has 0 bridgehead atoms. The zero-order valence-electron chi connectivity index (χ0n) is 14.8. The molecular formula is C18H24N2O4. The summed E-state index contributed by atoms with van der Waals surface area (Å²) in [7, 11) is 0. The lowest BCUT2D eigenvalue weighted by Crippen LogP contribution is -2.50. The third kappa shape index (κ3) is 5.58. The molecule has 0 aromatic heterocycles. The van der Waals surface area contributed by atoms with Crippen LogP contribution in [0.25, 0.3) is 0 Å². The van der Waals surface area contributed by atoms with E-state index in [-0.39, 0.29) is 12.5 Å². The van der Waals surface area contributed by atoms with E-state index in [2.05, 4.69) is 11.4 Å². The molecule has 1 rings (SSSR count). The van der Waals surface area contributed by atoms with Crippen LogP contribution in [0.15, 0.2) is 18.2 Å². The lowest BCUT2D eigenvalue weighted by Gasteiger charge is -2.27. The van der Waals surface area contributed by atoms with E-state index in [0.29, 0.717) is 5.75 Å². The van der Waals surface area contributed by atoms with E-state index in [0.717, 1.165) is 11.1 Å². The lowest BCUT2D eigenvalue weighted by molar-refractivity contribution is -0.150. The number of hydrogen-bond donors (Lipinski definition) is 1. The van der Waals surface area contributed by atoms with Crippen molar-refractivity contribution in [2.75, 3.05) is 13.2 Å². The smallest absolute Gasteiger partial charge is 0.344 e. The molecule has 24 heavy (non-hydrogen) atoms. The minimum Gasteiger partial charge on any atom is -0.482 e. The van der Waals surface area contributed by atoms with Crippen molar-refractivity contribution in [1.29, 1.82) is 5.26 Å². The highest BCUT2D eigenvalue weighted by molar-refractivity contribution is 5.81. The molecule has 6 heteroatoms. The van der Waals surface area contributed by atoms with Crippen molar-refractivity contribution >= 4 is 11.9 Å². The van der Waals surface area contributed by atoms with Gasteiger partial charge in [-0.2, -0.15) is 5.26 Å². The summed E-state index contributed by atoms with van der Waals surface area (Å²) in [4.78, 5) is 23.5. The Balaban J connectivity index is 2.42. The second-order valence-electron chi connectivity index (χ2n) is 6.21. The molecule has 0 spiro atoms. The predicted octanol–water partition coefficient (Wildman–Crippen LogP) is 2.28. The number of ether oxygens (including phenoxy) is 2. The van der Waals surface area contributed by atoms with Crippen molar-refractivity contribution in [3.8, 4) is 11.8 Å². The Morgan fingerprint density at radius 3 is 2.46 bits per heavy atom. The summed E-state index contributed by atoms with van der Waals surface area (Å²) in [5.41, 5.74) is 1.19. The Hall–Kier alpha value is -2.55. The number of aryl methyl sites for hydroxylation is 2. The summed E-state index contributed by atoms with van der Waals surface area (Å²) in [6, 6.07) is 7.55. The highest BCUT2D eigenvalue weighted by atomic mass is 16.6. The summed E-state index contributed by atoms with van der Waals surface area (Å²) in [6.07, 6.45) is 0. The van der Waals surface area contributed by atoms with Crippen LogP contribution in [0.2, 0.25) is 0 Å². The monoisotopic (exact) mass is 332 g/mol. The van der Waals surface area contributed by atoms with Gasteiger partial charge in [0.2, 0.25) is 0 Å². The van der Waals surface area contributed by atoms with Gasteiger partial charge in [-0.05, 0) is 49.9 Å². The van der Waals surface area contributed by atoms with Crippen LogP contribution < -0.4 is 10.1 Å². The predicted molar refractivity (Wildman–Crippen MR) is 89.4 cm³/mol. The van der Waals surface area contributed by atoms with Gasteiger partial charge in [0.05, 0.1) is 6.07 Å². The van der Waals surface area contributed by atoms with E-state index >= 15 is 0 Å². The number of carbonyl (C=O) groups excluding carboxylic acids is 2. The molecule has 1 aromatic rings. The summed E-state index contributed by atoms with van der Waals surface area (Å²) in [6.45, 7) is 8.48. The number of hydrogen-bond acceptors (Lipinski definition) is 5. The SMILES string of the molecule is Cc1ccc(OCC(=O)OCC(=O)N[C@](C)(C#N)C(C)C)cc1C. The first-order valence-corrected chi connectivity index (χ1v) is 7.76. The topological polar surface area (TPSA) is 88.4 Å². The Bertz CT molecular complexity index is 649. The Morgan fingerprint density at radius 1 is 1.25 bits per heavy atom. The second-order valence-corrected chi connectivity index (χ2v) is 6.21. The average molecular weight is 332 g/mol. The molecule has 0 saturated carbocycles. The first-order valence-electron chi connectivity index (χ1n) is 7.76. The van der Waals surface area contributed by atoms with Crippen LogP contribution in [0.4, 0.5) is 0 Å². The van der Waals surface area contributed by atoms with Crippen LogP contribution in [-0.2, 0) is 14.3 Å². The van der Waals surface area contributed by atoms with Crippen molar-refractivity contribution in [3.63, 3.8) is 0 Å². The first-order chi connectivity index (χ1) is 11.2. The van der Waals surface area contributed by atoms with E-state index in [1.807, 2.05) is 39.8 Å². The molecule has 6 nitrogen and oxygen atoms in total. The second kappa shape index (κ2) is 8.34. The number of amides is 1. The maximum Gasteiger partial charge on any atom is 0.344 e. The van der Waals surface area contributed by atoms with Crippen molar-refractivity contribution in [2.24, 2.45) is 5.92 Å². The standard InChI is InChI=1S/C18H24N2O4/c1-12(2)18(5,11-19)20-16(21)9-24-17(22)10-23-15-7-6-13(3)14(4)8-15/h6-8,12H,9-10H2,1-5H3,(H,20,21)/t18-/m1/s1. The quantitative estimate of drug-likeness (QED) is 0.774. The highest BCUT2D eigenvalue weighted by Gasteiger charge is 2.30. The zero-order chi connectivity index (χ0) is 18.3. The molecule has 1 aromatic carbocycles. The molecule has 1 atom stereocenters. The molecule has 0 heterocycles. The van der Waals surface area contributed by atoms with Gasteiger partial charge in [0.15, 0.2) is 13.2 Å². The van der Waals surface area contributed by atoms with E-state index in [9.17, 15) is 9.59 Å². The molecule has 0 saturated heterocycles. The molecule has 130 valence electrons. The van der Waals surface area contributed by atoms with Gasteiger partial charge in [0, 0.05) is 0 Å². The Labute approximate surface area is 142 Å². The molecule has 0 unspecified atom stereocenters. The van der Waals surface area contributed by atoms with Crippen LogP contribution in [0.1, 0.15) is 31.9 Å². The van der Waals surface area contributed by atoms with Crippen LogP contribution in [-0.4, -0.2) is 30.6 Å². The van der Waals surface area contributed by atoms with Crippen LogP contribution >= 0.6 is 0 Å².